The predicted octanol–water partition coefficient (Wildman–Crippen LogP) is 4.76. The Kier molecular flexibility index (Phi) is 3.83. The largest absolute Gasteiger partial charge is 0.435 e. The minimum Gasteiger partial charge on any atom is -0.383 e. The summed E-state index contributed by atoms with van der Waals surface area (Å²) in [5, 5.41) is 3.78. The highest BCUT2D eigenvalue weighted by Gasteiger charge is 2.39. The number of nitrogens with two attached hydrogens (primary N) is 1. The third-order valence-corrected chi connectivity index (χ3v) is 3.85. The number of hydrogen-bond acceptors (Lipinski definition) is 2. The van der Waals surface area contributed by atoms with E-state index in [-0.39, 0.29) is 11.4 Å². The molecule has 0 saturated heterocycles. The van der Waals surface area contributed by atoms with Gasteiger partial charge in [-0.05, 0) is 42.7 Å². The van der Waals surface area contributed by atoms with E-state index >= 15 is 0 Å². The molecule has 0 aliphatic carbocycles. The van der Waals surface area contributed by atoms with E-state index in [4.69, 9.17) is 5.73 Å². The Morgan fingerprint density at radius 3 is 2.33 bits per heavy atom. The summed E-state index contributed by atoms with van der Waals surface area (Å²) >= 11 is 0. The van der Waals surface area contributed by atoms with E-state index in [1.165, 1.54) is 0 Å². The molecule has 0 radical (unpaired) electrons. The van der Waals surface area contributed by atoms with E-state index in [1.54, 1.807) is 49.4 Å². The number of aromatic nitrogens is 2. The molecule has 0 unspecified atom stereocenters. The van der Waals surface area contributed by atoms with Crippen molar-refractivity contribution in [2.45, 2.75) is 20.0 Å². The lowest BCUT2D eigenvalue weighted by Gasteiger charge is -2.09. The Morgan fingerprint density at radius 2 is 1.71 bits per heavy atom. The lowest BCUT2D eigenvalue weighted by atomic mass is 10.00. The fourth-order valence-electron chi connectivity index (χ4n) is 2.70. The summed E-state index contributed by atoms with van der Waals surface area (Å²) < 4.78 is 41.7. The first-order chi connectivity index (χ1) is 11.3. The van der Waals surface area contributed by atoms with Crippen molar-refractivity contribution in [2.24, 2.45) is 0 Å². The molecule has 6 heteroatoms. The summed E-state index contributed by atoms with van der Waals surface area (Å²) in [4.78, 5) is 0. The molecule has 0 aliphatic heterocycles. The molecule has 124 valence electrons. The summed E-state index contributed by atoms with van der Waals surface area (Å²) in [6.07, 6.45) is -4.60. The fourth-order valence-corrected chi connectivity index (χ4v) is 2.70. The van der Waals surface area contributed by atoms with Crippen LogP contribution >= 0.6 is 0 Å². The van der Waals surface area contributed by atoms with E-state index in [0.717, 1.165) is 10.2 Å². The predicted molar refractivity (Wildman–Crippen MR) is 87.9 cm³/mol. The van der Waals surface area contributed by atoms with E-state index in [0.29, 0.717) is 16.8 Å². The second kappa shape index (κ2) is 5.70. The number of anilines is 1. The second-order valence-corrected chi connectivity index (χ2v) is 5.67. The topological polar surface area (TPSA) is 43.8 Å². The summed E-state index contributed by atoms with van der Waals surface area (Å²) in [6.45, 7) is 3.61. The van der Waals surface area contributed by atoms with Gasteiger partial charge in [0.25, 0.3) is 0 Å². The van der Waals surface area contributed by atoms with Gasteiger partial charge in [-0.15, -0.1) is 0 Å². The van der Waals surface area contributed by atoms with Gasteiger partial charge in [-0.25, -0.2) is 4.68 Å². The zero-order valence-corrected chi connectivity index (χ0v) is 13.2. The summed E-state index contributed by atoms with van der Waals surface area (Å²) in [6, 6.07) is 13.9. The smallest absolute Gasteiger partial charge is 0.383 e. The third kappa shape index (κ3) is 2.75. The quantitative estimate of drug-likeness (QED) is 0.736. The minimum atomic E-state index is -4.60. The molecule has 0 atom stereocenters. The van der Waals surface area contributed by atoms with E-state index < -0.39 is 11.9 Å². The van der Waals surface area contributed by atoms with Crippen molar-refractivity contribution in [1.29, 1.82) is 0 Å². The van der Waals surface area contributed by atoms with Gasteiger partial charge in [0.05, 0.1) is 11.3 Å². The van der Waals surface area contributed by atoms with Gasteiger partial charge in [0, 0.05) is 0 Å². The lowest BCUT2D eigenvalue weighted by Crippen LogP contribution is -2.08. The summed E-state index contributed by atoms with van der Waals surface area (Å²) in [5.74, 6) is -0.0257. The Bertz CT molecular complexity index is 895. The van der Waals surface area contributed by atoms with Crippen molar-refractivity contribution in [3.8, 4) is 16.8 Å². The first-order valence-electron chi connectivity index (χ1n) is 7.38. The molecule has 2 aromatic carbocycles. The maximum absolute atomic E-state index is 13.5. The summed E-state index contributed by atoms with van der Waals surface area (Å²) in [7, 11) is 0. The van der Waals surface area contributed by atoms with Crippen molar-refractivity contribution < 1.29 is 13.2 Å². The van der Waals surface area contributed by atoms with Crippen LogP contribution in [-0.2, 0) is 6.18 Å². The number of halogens is 3. The van der Waals surface area contributed by atoms with Crippen molar-refractivity contribution >= 4 is 5.82 Å². The van der Waals surface area contributed by atoms with Gasteiger partial charge in [-0.1, -0.05) is 36.4 Å². The van der Waals surface area contributed by atoms with Gasteiger partial charge < -0.3 is 5.73 Å². The van der Waals surface area contributed by atoms with Gasteiger partial charge in [-0.3, -0.25) is 0 Å². The van der Waals surface area contributed by atoms with Crippen LogP contribution in [0.2, 0.25) is 0 Å². The number of aryl methyl sites for hydroxylation is 2. The van der Waals surface area contributed by atoms with Crippen LogP contribution in [0.5, 0.6) is 0 Å². The molecule has 0 fully saturated rings. The highest BCUT2D eigenvalue weighted by Crippen LogP contribution is 2.41. The third-order valence-electron chi connectivity index (χ3n) is 3.85. The second-order valence-electron chi connectivity index (χ2n) is 5.67. The van der Waals surface area contributed by atoms with E-state index in [9.17, 15) is 13.2 Å². The van der Waals surface area contributed by atoms with Gasteiger partial charge in [0.1, 0.15) is 5.82 Å². The highest BCUT2D eigenvalue weighted by atomic mass is 19.4. The number of nitrogen functional groups attached to an aromatic ring is 1. The van der Waals surface area contributed by atoms with Gasteiger partial charge in [-0.2, -0.15) is 18.3 Å². The van der Waals surface area contributed by atoms with Crippen LogP contribution in [-0.4, -0.2) is 9.78 Å². The lowest BCUT2D eigenvalue weighted by molar-refractivity contribution is -0.140. The van der Waals surface area contributed by atoms with E-state index in [2.05, 4.69) is 5.10 Å². The molecule has 24 heavy (non-hydrogen) atoms. The normalized spacial score (nSPS) is 11.7. The monoisotopic (exact) mass is 331 g/mol. The molecule has 0 saturated carbocycles. The van der Waals surface area contributed by atoms with Gasteiger partial charge in [0.2, 0.25) is 0 Å². The molecule has 1 heterocycles. The van der Waals surface area contributed by atoms with Crippen molar-refractivity contribution in [3.63, 3.8) is 0 Å². The molecule has 1 aromatic heterocycles. The fraction of sp³-hybridized carbons (Fsp3) is 0.167. The average molecular weight is 331 g/mol. The molecule has 3 rings (SSSR count). The Labute approximate surface area is 137 Å². The molecule has 3 aromatic rings. The molecule has 0 aliphatic rings. The van der Waals surface area contributed by atoms with Crippen LogP contribution < -0.4 is 5.73 Å². The van der Waals surface area contributed by atoms with Crippen LogP contribution in [0.15, 0.2) is 48.5 Å². The number of benzene rings is 2. The molecule has 0 bridgehead atoms. The van der Waals surface area contributed by atoms with Gasteiger partial charge >= 0.3 is 6.18 Å². The zero-order valence-electron chi connectivity index (χ0n) is 13.2. The molecule has 2 N–H and O–H groups in total. The maximum atomic E-state index is 13.5. The highest BCUT2D eigenvalue weighted by molar-refractivity contribution is 5.80. The van der Waals surface area contributed by atoms with Crippen LogP contribution in [0.25, 0.3) is 16.8 Å². The average Bonchev–Trinajstić information content (AvgIpc) is 2.85. The van der Waals surface area contributed by atoms with Crippen molar-refractivity contribution in [2.75, 3.05) is 5.73 Å². The van der Waals surface area contributed by atoms with E-state index in [1.807, 2.05) is 13.0 Å². The number of rotatable bonds is 2. The Morgan fingerprint density at radius 1 is 1.00 bits per heavy atom. The first-order valence-corrected chi connectivity index (χ1v) is 7.38. The molecule has 0 amide bonds. The number of alkyl halides is 3. The zero-order chi connectivity index (χ0) is 17.5. The summed E-state index contributed by atoms with van der Waals surface area (Å²) in [5.41, 5.74) is 7.57. The maximum Gasteiger partial charge on any atom is 0.435 e. The van der Waals surface area contributed by atoms with Crippen molar-refractivity contribution in [3.05, 3.63) is 65.4 Å². The number of hydrogen-bond donors (Lipinski definition) is 1. The van der Waals surface area contributed by atoms with Gasteiger partial charge in [0.15, 0.2) is 5.69 Å². The standard InChI is InChI=1S/C18H16F3N3/c1-11-6-5-8-13(10-11)24-17(22)15(16(23-24)18(19,20)21)14-9-4-3-7-12(14)2/h3-10H,22H2,1-2H3. The Balaban J connectivity index is 2.31. The Hall–Kier alpha value is -2.76. The molecular formula is C18H16F3N3. The van der Waals surface area contributed by atoms with Crippen LogP contribution in [0.3, 0.4) is 0 Å². The minimum absolute atomic E-state index is 0.0257. The molecule has 0 spiro atoms. The van der Waals surface area contributed by atoms with Crippen LogP contribution in [0.1, 0.15) is 16.8 Å². The SMILES string of the molecule is Cc1cccc(-n2nc(C(F)(F)F)c(-c3ccccc3C)c2N)c1. The first kappa shape index (κ1) is 16.1. The molecule has 3 nitrogen and oxygen atoms in total. The van der Waals surface area contributed by atoms with Crippen molar-refractivity contribution in [1.82, 2.24) is 9.78 Å². The molecular weight excluding hydrogens is 315 g/mol. The van der Waals surface area contributed by atoms with Crippen LogP contribution in [0, 0.1) is 13.8 Å². The van der Waals surface area contributed by atoms with Crippen LogP contribution in [0.4, 0.5) is 19.0 Å². The number of nitrogens with zero attached hydrogens (tertiary/aromatic N) is 2.